The van der Waals surface area contributed by atoms with Gasteiger partial charge >= 0.3 is 6.18 Å². The molecule has 0 unspecified atom stereocenters. The zero-order valence-electron chi connectivity index (χ0n) is 10.9. The maximum atomic E-state index is 12.8. The predicted molar refractivity (Wildman–Crippen MR) is 75.0 cm³/mol. The summed E-state index contributed by atoms with van der Waals surface area (Å²) >= 11 is 3.28. The third kappa shape index (κ3) is 3.15. The summed E-state index contributed by atoms with van der Waals surface area (Å²) in [5.74, 6) is 0.500. The second-order valence-corrected chi connectivity index (χ2v) is 5.44. The molecule has 0 saturated carbocycles. The van der Waals surface area contributed by atoms with E-state index in [0.29, 0.717) is 16.1 Å². The quantitative estimate of drug-likeness (QED) is 0.887. The molecule has 0 aliphatic heterocycles. The minimum atomic E-state index is -4.37. The average Bonchev–Trinajstić information content (AvgIpc) is 2.75. The van der Waals surface area contributed by atoms with Crippen molar-refractivity contribution in [1.29, 1.82) is 0 Å². The molecule has 1 aromatic carbocycles. The lowest BCUT2D eigenvalue weighted by atomic mass is 10.2. The molecule has 0 atom stereocenters. The smallest absolute Gasteiger partial charge is 0.353 e. The zero-order valence-corrected chi connectivity index (χ0v) is 12.5. The molecule has 0 aliphatic carbocycles. The number of hydrogen-bond donors (Lipinski definition) is 1. The first-order chi connectivity index (χ1) is 9.29. The molecule has 1 aromatic heterocycles. The van der Waals surface area contributed by atoms with Crippen LogP contribution in [0.25, 0.3) is 5.69 Å². The number of aromatic nitrogens is 2. The molecule has 2 aromatic rings. The molecule has 7 heteroatoms. The number of rotatable bonds is 3. The molecule has 1 heterocycles. The number of nitrogens with zero attached hydrogens (tertiary/aromatic N) is 2. The number of imidazole rings is 1. The molecule has 0 aliphatic rings. The monoisotopic (exact) mass is 347 g/mol. The number of anilines is 1. The normalized spacial score (nSPS) is 11.9. The van der Waals surface area contributed by atoms with Crippen molar-refractivity contribution in [3.05, 3.63) is 40.6 Å². The van der Waals surface area contributed by atoms with Crippen LogP contribution in [-0.2, 0) is 6.18 Å². The van der Waals surface area contributed by atoms with Crippen LogP contribution in [0.4, 0.5) is 19.1 Å². The van der Waals surface area contributed by atoms with Gasteiger partial charge in [0, 0.05) is 22.9 Å². The molecule has 0 spiro atoms. The van der Waals surface area contributed by atoms with E-state index in [1.807, 2.05) is 13.8 Å². The van der Waals surface area contributed by atoms with Crippen LogP contribution in [0.5, 0.6) is 0 Å². The van der Waals surface area contributed by atoms with Crippen molar-refractivity contribution in [3.8, 4) is 5.69 Å². The minimum Gasteiger partial charge on any atom is -0.353 e. The molecule has 0 bridgehead atoms. The summed E-state index contributed by atoms with van der Waals surface area (Å²) in [5, 5.41) is 3.09. The standard InChI is InChI=1S/C13H13BrF3N3/c1-8(2)19-12-18-5-6-20(12)11-7-9(13(15,16)17)3-4-10(11)14/h3-8H,1-2H3,(H,18,19). The first-order valence-electron chi connectivity index (χ1n) is 5.96. The van der Waals surface area contributed by atoms with E-state index in [4.69, 9.17) is 0 Å². The van der Waals surface area contributed by atoms with Crippen molar-refractivity contribution in [3.63, 3.8) is 0 Å². The zero-order chi connectivity index (χ0) is 14.9. The molecular formula is C13H13BrF3N3. The summed E-state index contributed by atoms with van der Waals surface area (Å²) in [6, 6.07) is 3.65. The van der Waals surface area contributed by atoms with Crippen LogP contribution in [0.2, 0.25) is 0 Å². The van der Waals surface area contributed by atoms with Gasteiger partial charge in [0.15, 0.2) is 0 Å². The van der Waals surface area contributed by atoms with E-state index >= 15 is 0 Å². The second kappa shape index (κ2) is 5.47. The summed E-state index contributed by atoms with van der Waals surface area (Å²) in [6.45, 7) is 3.86. The highest BCUT2D eigenvalue weighted by atomic mass is 79.9. The van der Waals surface area contributed by atoms with Crippen LogP contribution >= 0.6 is 15.9 Å². The van der Waals surface area contributed by atoms with Gasteiger partial charge in [-0.05, 0) is 48.0 Å². The SMILES string of the molecule is CC(C)Nc1nccn1-c1cc(C(F)(F)F)ccc1Br. The fourth-order valence-corrected chi connectivity index (χ4v) is 2.17. The molecule has 2 rings (SSSR count). The van der Waals surface area contributed by atoms with Crippen molar-refractivity contribution in [2.45, 2.75) is 26.1 Å². The lowest BCUT2D eigenvalue weighted by Gasteiger charge is -2.15. The van der Waals surface area contributed by atoms with Crippen LogP contribution in [0, 0.1) is 0 Å². The van der Waals surface area contributed by atoms with E-state index in [0.717, 1.165) is 12.1 Å². The molecule has 0 radical (unpaired) electrons. The van der Waals surface area contributed by atoms with Crippen LogP contribution in [-0.4, -0.2) is 15.6 Å². The van der Waals surface area contributed by atoms with Crippen molar-refractivity contribution in [1.82, 2.24) is 9.55 Å². The summed E-state index contributed by atoms with van der Waals surface area (Å²) in [5.41, 5.74) is -0.305. The van der Waals surface area contributed by atoms with Gasteiger partial charge < -0.3 is 5.32 Å². The Balaban J connectivity index is 2.50. The van der Waals surface area contributed by atoms with Crippen LogP contribution in [0.3, 0.4) is 0 Å². The average molecular weight is 348 g/mol. The van der Waals surface area contributed by atoms with E-state index in [2.05, 4.69) is 26.2 Å². The molecule has 3 nitrogen and oxygen atoms in total. The Bertz CT molecular complexity index is 605. The first-order valence-corrected chi connectivity index (χ1v) is 6.75. The predicted octanol–water partition coefficient (Wildman–Crippen LogP) is 4.47. The van der Waals surface area contributed by atoms with E-state index in [1.165, 1.54) is 12.3 Å². The lowest BCUT2D eigenvalue weighted by molar-refractivity contribution is -0.137. The van der Waals surface area contributed by atoms with Crippen LogP contribution < -0.4 is 5.32 Å². The largest absolute Gasteiger partial charge is 0.416 e. The minimum absolute atomic E-state index is 0.126. The van der Waals surface area contributed by atoms with E-state index in [9.17, 15) is 13.2 Å². The van der Waals surface area contributed by atoms with Crippen LogP contribution in [0.1, 0.15) is 19.4 Å². The lowest BCUT2D eigenvalue weighted by Crippen LogP contribution is -2.14. The van der Waals surface area contributed by atoms with E-state index in [1.54, 1.807) is 10.8 Å². The fourth-order valence-electron chi connectivity index (χ4n) is 1.74. The Morgan fingerprint density at radius 3 is 2.60 bits per heavy atom. The Labute approximate surface area is 123 Å². The number of hydrogen-bond acceptors (Lipinski definition) is 2. The van der Waals surface area contributed by atoms with Gasteiger partial charge in [0.05, 0.1) is 11.3 Å². The summed E-state index contributed by atoms with van der Waals surface area (Å²) in [6.07, 6.45) is -1.22. The van der Waals surface area contributed by atoms with Gasteiger partial charge in [0.25, 0.3) is 0 Å². The Morgan fingerprint density at radius 2 is 2.00 bits per heavy atom. The number of nitrogens with one attached hydrogen (secondary N) is 1. The number of alkyl halides is 3. The Morgan fingerprint density at radius 1 is 1.30 bits per heavy atom. The van der Waals surface area contributed by atoms with Gasteiger partial charge in [-0.2, -0.15) is 13.2 Å². The molecule has 1 N–H and O–H groups in total. The van der Waals surface area contributed by atoms with Crippen molar-refractivity contribution in [2.75, 3.05) is 5.32 Å². The fraction of sp³-hybridized carbons (Fsp3) is 0.308. The van der Waals surface area contributed by atoms with Gasteiger partial charge in [-0.3, -0.25) is 4.57 Å². The van der Waals surface area contributed by atoms with E-state index < -0.39 is 11.7 Å². The van der Waals surface area contributed by atoms with Gasteiger partial charge in [0.2, 0.25) is 5.95 Å². The highest BCUT2D eigenvalue weighted by molar-refractivity contribution is 9.10. The summed E-state index contributed by atoms with van der Waals surface area (Å²) < 4.78 is 40.5. The Hall–Kier alpha value is -1.50. The topological polar surface area (TPSA) is 29.9 Å². The second-order valence-electron chi connectivity index (χ2n) is 4.58. The van der Waals surface area contributed by atoms with Gasteiger partial charge in [-0.15, -0.1) is 0 Å². The van der Waals surface area contributed by atoms with Crippen molar-refractivity contribution >= 4 is 21.9 Å². The maximum Gasteiger partial charge on any atom is 0.416 e. The number of halogens is 4. The number of benzene rings is 1. The van der Waals surface area contributed by atoms with E-state index in [-0.39, 0.29) is 6.04 Å². The highest BCUT2D eigenvalue weighted by Crippen LogP contribution is 2.34. The maximum absolute atomic E-state index is 12.8. The molecule has 108 valence electrons. The van der Waals surface area contributed by atoms with Crippen LogP contribution in [0.15, 0.2) is 35.1 Å². The molecule has 0 saturated heterocycles. The third-order valence-electron chi connectivity index (χ3n) is 2.59. The summed E-state index contributed by atoms with van der Waals surface area (Å²) in [4.78, 5) is 4.12. The highest BCUT2D eigenvalue weighted by Gasteiger charge is 2.31. The molecule has 0 fully saturated rings. The van der Waals surface area contributed by atoms with Gasteiger partial charge in [-0.1, -0.05) is 0 Å². The van der Waals surface area contributed by atoms with Crippen molar-refractivity contribution < 1.29 is 13.2 Å². The third-order valence-corrected chi connectivity index (χ3v) is 3.26. The van der Waals surface area contributed by atoms with Gasteiger partial charge in [-0.25, -0.2) is 4.98 Å². The molecule has 20 heavy (non-hydrogen) atoms. The summed E-state index contributed by atoms with van der Waals surface area (Å²) in [7, 11) is 0. The van der Waals surface area contributed by atoms with Crippen molar-refractivity contribution in [2.24, 2.45) is 0 Å². The molecule has 0 amide bonds. The molecular weight excluding hydrogens is 335 g/mol. The Kier molecular flexibility index (Phi) is 4.08. The van der Waals surface area contributed by atoms with Gasteiger partial charge in [0.1, 0.15) is 0 Å². The first kappa shape index (κ1) is 14.9.